The van der Waals surface area contributed by atoms with Crippen molar-refractivity contribution in [2.24, 2.45) is 0 Å². The fourth-order valence-electron chi connectivity index (χ4n) is 1.36. The van der Waals surface area contributed by atoms with Gasteiger partial charge in [0.05, 0.1) is 18.8 Å². The van der Waals surface area contributed by atoms with E-state index in [9.17, 15) is 5.11 Å². The highest BCUT2D eigenvalue weighted by molar-refractivity contribution is 5.47. The molecule has 1 aromatic rings. The van der Waals surface area contributed by atoms with Crippen LogP contribution < -0.4 is 4.90 Å². The first-order chi connectivity index (χ1) is 7.07. The predicted octanol–water partition coefficient (Wildman–Crippen LogP) is 0.952. The minimum absolute atomic E-state index is 0.0163. The van der Waals surface area contributed by atoms with Gasteiger partial charge in [-0.15, -0.1) is 0 Å². The van der Waals surface area contributed by atoms with Gasteiger partial charge < -0.3 is 15.1 Å². The van der Waals surface area contributed by atoms with Crippen LogP contribution in [-0.4, -0.2) is 34.9 Å². The number of likely N-dealkylation sites (N-methyl/N-ethyl adjacent to an activating group) is 1. The number of pyridine rings is 1. The summed E-state index contributed by atoms with van der Waals surface area (Å²) in [7, 11) is 1.86. The molecular formula is C11H18N2O2. The summed E-state index contributed by atoms with van der Waals surface area (Å²) >= 11 is 0. The summed E-state index contributed by atoms with van der Waals surface area (Å²) in [6, 6.07) is 3.62. The molecule has 0 fully saturated rings. The molecule has 15 heavy (non-hydrogen) atoms. The Morgan fingerprint density at radius 2 is 2.13 bits per heavy atom. The van der Waals surface area contributed by atoms with E-state index in [2.05, 4.69) is 4.98 Å². The van der Waals surface area contributed by atoms with E-state index in [0.29, 0.717) is 5.82 Å². The molecule has 0 bridgehead atoms. The third kappa shape index (κ3) is 2.67. The number of nitrogens with zero attached hydrogens (tertiary/aromatic N) is 2. The van der Waals surface area contributed by atoms with Gasteiger partial charge in [0.25, 0.3) is 0 Å². The van der Waals surface area contributed by atoms with Crippen LogP contribution in [0.4, 0.5) is 5.82 Å². The average Bonchev–Trinajstić information content (AvgIpc) is 2.27. The summed E-state index contributed by atoms with van der Waals surface area (Å²) in [6.07, 6.45) is 1.13. The Morgan fingerprint density at radius 3 is 2.67 bits per heavy atom. The van der Waals surface area contributed by atoms with Crippen molar-refractivity contribution < 1.29 is 10.2 Å². The van der Waals surface area contributed by atoms with Crippen LogP contribution in [-0.2, 0) is 0 Å². The lowest BCUT2D eigenvalue weighted by Gasteiger charge is -2.26. The van der Waals surface area contributed by atoms with Crippen LogP contribution in [0.1, 0.15) is 25.5 Å². The molecule has 1 rings (SSSR count). The van der Waals surface area contributed by atoms with E-state index in [4.69, 9.17) is 5.11 Å². The number of hydrogen-bond donors (Lipinski definition) is 2. The molecule has 1 unspecified atom stereocenters. The Kier molecular flexibility index (Phi) is 4.05. The van der Waals surface area contributed by atoms with Gasteiger partial charge in [-0.05, 0) is 19.9 Å². The molecule has 2 atom stereocenters. The van der Waals surface area contributed by atoms with Gasteiger partial charge >= 0.3 is 0 Å². The number of aliphatic hydroxyl groups is 2. The number of aliphatic hydroxyl groups excluding tert-OH is 2. The molecule has 0 amide bonds. The van der Waals surface area contributed by atoms with Crippen molar-refractivity contribution in [3.8, 4) is 0 Å². The molecule has 0 aliphatic rings. The molecule has 0 aliphatic carbocycles. The van der Waals surface area contributed by atoms with E-state index < -0.39 is 6.10 Å². The maximum absolute atomic E-state index is 9.58. The lowest BCUT2D eigenvalue weighted by atomic mass is 10.1. The molecule has 0 spiro atoms. The zero-order chi connectivity index (χ0) is 11.4. The van der Waals surface area contributed by atoms with Crippen molar-refractivity contribution in [2.45, 2.75) is 26.0 Å². The lowest BCUT2D eigenvalue weighted by molar-refractivity contribution is 0.198. The summed E-state index contributed by atoms with van der Waals surface area (Å²) in [5, 5.41) is 18.6. The van der Waals surface area contributed by atoms with Crippen molar-refractivity contribution in [1.29, 1.82) is 0 Å². The molecule has 0 aliphatic heterocycles. The summed E-state index contributed by atoms with van der Waals surface area (Å²) in [6.45, 7) is 3.67. The summed E-state index contributed by atoms with van der Waals surface area (Å²) in [4.78, 5) is 6.09. The molecule has 1 aromatic heterocycles. The minimum Gasteiger partial charge on any atom is -0.394 e. The maximum Gasteiger partial charge on any atom is 0.134 e. The maximum atomic E-state index is 9.58. The van der Waals surface area contributed by atoms with Crippen molar-refractivity contribution in [1.82, 2.24) is 4.98 Å². The van der Waals surface area contributed by atoms with Gasteiger partial charge in [0, 0.05) is 18.8 Å². The molecule has 0 saturated heterocycles. The van der Waals surface area contributed by atoms with Gasteiger partial charge in [0.2, 0.25) is 0 Å². The largest absolute Gasteiger partial charge is 0.394 e. The zero-order valence-electron chi connectivity index (χ0n) is 9.38. The van der Waals surface area contributed by atoms with Crippen molar-refractivity contribution >= 4 is 5.82 Å². The van der Waals surface area contributed by atoms with Gasteiger partial charge in [0.15, 0.2) is 0 Å². The molecule has 84 valence electrons. The molecule has 4 heteroatoms. The van der Waals surface area contributed by atoms with Crippen LogP contribution in [0.3, 0.4) is 0 Å². The smallest absolute Gasteiger partial charge is 0.134 e. The second-order valence-corrected chi connectivity index (χ2v) is 3.73. The monoisotopic (exact) mass is 210 g/mol. The Balaban J connectivity index is 3.02. The van der Waals surface area contributed by atoms with E-state index >= 15 is 0 Å². The number of hydrogen-bond acceptors (Lipinski definition) is 4. The quantitative estimate of drug-likeness (QED) is 0.777. The van der Waals surface area contributed by atoms with E-state index in [1.54, 1.807) is 19.2 Å². The average molecular weight is 210 g/mol. The van der Waals surface area contributed by atoms with Crippen molar-refractivity contribution in [3.05, 3.63) is 23.9 Å². The van der Waals surface area contributed by atoms with Crippen LogP contribution in [0.2, 0.25) is 0 Å². The standard InChI is InChI=1S/C11H18N2O2/c1-8(7-14)13(3)11-10(9(2)15)5-4-6-12-11/h4-6,8-9,14-15H,7H2,1-3H3/t8?,9-/m0/s1. The van der Waals surface area contributed by atoms with Crippen LogP contribution in [0.25, 0.3) is 0 Å². The Morgan fingerprint density at radius 1 is 1.47 bits per heavy atom. The topological polar surface area (TPSA) is 56.6 Å². The van der Waals surface area contributed by atoms with E-state index in [1.807, 2.05) is 24.9 Å². The second-order valence-electron chi connectivity index (χ2n) is 3.73. The predicted molar refractivity (Wildman–Crippen MR) is 59.8 cm³/mol. The highest BCUT2D eigenvalue weighted by Gasteiger charge is 2.16. The van der Waals surface area contributed by atoms with Crippen molar-refractivity contribution in [2.75, 3.05) is 18.6 Å². The third-order valence-corrected chi connectivity index (χ3v) is 2.53. The van der Waals surface area contributed by atoms with Gasteiger partial charge in [-0.25, -0.2) is 4.98 Å². The molecule has 4 nitrogen and oxygen atoms in total. The van der Waals surface area contributed by atoms with Gasteiger partial charge in [-0.1, -0.05) is 6.07 Å². The summed E-state index contributed by atoms with van der Waals surface area (Å²) in [5.41, 5.74) is 0.778. The zero-order valence-corrected chi connectivity index (χ0v) is 9.38. The molecule has 0 saturated carbocycles. The first kappa shape index (κ1) is 11.9. The number of rotatable bonds is 4. The van der Waals surface area contributed by atoms with E-state index in [-0.39, 0.29) is 12.6 Å². The van der Waals surface area contributed by atoms with E-state index in [1.165, 1.54) is 0 Å². The third-order valence-electron chi connectivity index (χ3n) is 2.53. The second kappa shape index (κ2) is 5.09. The van der Waals surface area contributed by atoms with Gasteiger partial charge in [-0.2, -0.15) is 0 Å². The van der Waals surface area contributed by atoms with Crippen LogP contribution in [0.15, 0.2) is 18.3 Å². The number of aromatic nitrogens is 1. The fourth-order valence-corrected chi connectivity index (χ4v) is 1.36. The van der Waals surface area contributed by atoms with Crippen molar-refractivity contribution in [3.63, 3.8) is 0 Å². The summed E-state index contributed by atoms with van der Waals surface area (Å²) in [5.74, 6) is 0.717. The van der Waals surface area contributed by atoms with Gasteiger partial charge in [-0.3, -0.25) is 0 Å². The first-order valence-electron chi connectivity index (χ1n) is 5.04. The van der Waals surface area contributed by atoms with Crippen LogP contribution in [0.5, 0.6) is 0 Å². The molecule has 2 N–H and O–H groups in total. The van der Waals surface area contributed by atoms with Crippen LogP contribution >= 0.6 is 0 Å². The summed E-state index contributed by atoms with van der Waals surface area (Å²) < 4.78 is 0. The Bertz CT molecular complexity index is 315. The highest BCUT2D eigenvalue weighted by Crippen LogP contribution is 2.23. The highest BCUT2D eigenvalue weighted by atomic mass is 16.3. The lowest BCUT2D eigenvalue weighted by Crippen LogP contribution is -2.33. The van der Waals surface area contributed by atoms with Crippen LogP contribution in [0, 0.1) is 0 Å². The Hall–Kier alpha value is -1.13. The molecular weight excluding hydrogens is 192 g/mol. The fraction of sp³-hybridized carbons (Fsp3) is 0.545. The SMILES string of the molecule is CC(CO)N(C)c1ncccc1[C@H](C)O. The minimum atomic E-state index is -0.554. The van der Waals surface area contributed by atoms with Gasteiger partial charge in [0.1, 0.15) is 5.82 Å². The number of anilines is 1. The normalized spacial score (nSPS) is 14.7. The molecule has 0 radical (unpaired) electrons. The first-order valence-corrected chi connectivity index (χ1v) is 5.04. The molecule has 0 aromatic carbocycles. The Labute approximate surface area is 90.2 Å². The molecule has 1 heterocycles. The van der Waals surface area contributed by atoms with E-state index in [0.717, 1.165) is 5.56 Å².